The van der Waals surface area contributed by atoms with E-state index in [0.29, 0.717) is 18.8 Å². The number of halogens is 1. The summed E-state index contributed by atoms with van der Waals surface area (Å²) < 4.78 is 2.49. The fourth-order valence-corrected chi connectivity index (χ4v) is 4.50. The SMILES string of the molecule is CC(=O)c1ccn(C(=O)N2CCN(Cc3cc4cc(Cl)ccc4s3)CC2)n1. The molecule has 0 N–H and O–H groups in total. The minimum Gasteiger partial charge on any atom is -0.320 e. The molecule has 6 nitrogen and oxygen atoms in total. The monoisotopic (exact) mass is 402 g/mol. The van der Waals surface area contributed by atoms with Gasteiger partial charge in [-0.25, -0.2) is 4.79 Å². The number of amides is 1. The first-order valence-corrected chi connectivity index (χ1v) is 9.95. The number of benzene rings is 1. The van der Waals surface area contributed by atoms with Crippen molar-refractivity contribution in [1.29, 1.82) is 0 Å². The van der Waals surface area contributed by atoms with Crippen LogP contribution < -0.4 is 0 Å². The minimum absolute atomic E-state index is 0.143. The Kier molecular flexibility index (Phi) is 4.99. The molecule has 27 heavy (non-hydrogen) atoms. The number of thiophene rings is 1. The number of piperazine rings is 1. The van der Waals surface area contributed by atoms with Gasteiger partial charge in [0.2, 0.25) is 0 Å². The van der Waals surface area contributed by atoms with Crippen molar-refractivity contribution >= 4 is 44.8 Å². The first-order valence-electron chi connectivity index (χ1n) is 8.76. The molecular formula is C19H19ClN4O2S. The molecule has 3 aromatic rings. The first-order chi connectivity index (χ1) is 13.0. The fraction of sp³-hybridized carbons (Fsp3) is 0.316. The van der Waals surface area contributed by atoms with Crippen LogP contribution in [0.2, 0.25) is 5.02 Å². The molecule has 8 heteroatoms. The molecule has 140 valence electrons. The van der Waals surface area contributed by atoms with Crippen LogP contribution in [-0.2, 0) is 6.54 Å². The molecule has 0 aliphatic carbocycles. The van der Waals surface area contributed by atoms with Crippen LogP contribution in [0.15, 0.2) is 36.5 Å². The van der Waals surface area contributed by atoms with E-state index in [1.165, 1.54) is 26.6 Å². The van der Waals surface area contributed by atoms with Crippen LogP contribution in [-0.4, -0.2) is 57.6 Å². The number of Topliss-reactive ketones (excluding diaryl/α,β-unsaturated/α-hetero) is 1. The Labute approximate surface area is 165 Å². The summed E-state index contributed by atoms with van der Waals surface area (Å²) in [5, 5.41) is 5.99. The molecule has 1 saturated heterocycles. The third kappa shape index (κ3) is 3.90. The molecule has 1 aromatic carbocycles. The van der Waals surface area contributed by atoms with Gasteiger partial charge in [0.25, 0.3) is 0 Å². The average molecular weight is 403 g/mol. The van der Waals surface area contributed by atoms with Crippen molar-refractivity contribution in [3.63, 3.8) is 0 Å². The van der Waals surface area contributed by atoms with Crippen LogP contribution in [0.5, 0.6) is 0 Å². The Bertz CT molecular complexity index is 1000. The lowest BCUT2D eigenvalue weighted by Crippen LogP contribution is -2.49. The van der Waals surface area contributed by atoms with E-state index in [9.17, 15) is 9.59 Å². The number of fused-ring (bicyclic) bond motifs is 1. The van der Waals surface area contributed by atoms with Crippen LogP contribution in [0.4, 0.5) is 4.79 Å². The summed E-state index contributed by atoms with van der Waals surface area (Å²) in [6, 6.07) is 9.55. The van der Waals surface area contributed by atoms with Crippen LogP contribution in [0.25, 0.3) is 10.1 Å². The van der Waals surface area contributed by atoms with E-state index in [2.05, 4.69) is 22.1 Å². The summed E-state index contributed by atoms with van der Waals surface area (Å²) in [7, 11) is 0. The van der Waals surface area contributed by atoms with E-state index in [-0.39, 0.29) is 11.8 Å². The summed E-state index contributed by atoms with van der Waals surface area (Å²) in [5.74, 6) is -0.143. The zero-order chi connectivity index (χ0) is 19.0. The van der Waals surface area contributed by atoms with E-state index >= 15 is 0 Å². The third-order valence-electron chi connectivity index (χ3n) is 4.70. The zero-order valence-corrected chi connectivity index (χ0v) is 16.5. The van der Waals surface area contributed by atoms with E-state index in [0.717, 1.165) is 24.7 Å². The topological polar surface area (TPSA) is 58.4 Å². The highest BCUT2D eigenvalue weighted by atomic mass is 35.5. The summed E-state index contributed by atoms with van der Waals surface area (Å²) in [4.78, 5) is 29.3. The lowest BCUT2D eigenvalue weighted by molar-refractivity contribution is 0.101. The molecule has 0 radical (unpaired) electrons. The molecule has 0 atom stereocenters. The van der Waals surface area contributed by atoms with Crippen molar-refractivity contribution in [2.75, 3.05) is 26.2 Å². The Morgan fingerprint density at radius 3 is 2.63 bits per heavy atom. The number of hydrogen-bond acceptors (Lipinski definition) is 5. The summed E-state index contributed by atoms with van der Waals surface area (Å²) >= 11 is 7.85. The highest BCUT2D eigenvalue weighted by Crippen LogP contribution is 2.29. The normalized spacial score (nSPS) is 15.4. The van der Waals surface area contributed by atoms with E-state index in [1.807, 2.05) is 12.1 Å². The Morgan fingerprint density at radius 2 is 1.93 bits per heavy atom. The maximum Gasteiger partial charge on any atom is 0.344 e. The van der Waals surface area contributed by atoms with Gasteiger partial charge in [0, 0.05) is 60.4 Å². The van der Waals surface area contributed by atoms with E-state index in [1.54, 1.807) is 28.5 Å². The molecule has 3 heterocycles. The molecule has 0 saturated carbocycles. The number of nitrogens with zero attached hydrogens (tertiary/aromatic N) is 4. The third-order valence-corrected chi connectivity index (χ3v) is 6.03. The number of carbonyl (C=O) groups excluding carboxylic acids is 2. The minimum atomic E-state index is -0.182. The average Bonchev–Trinajstić information content (AvgIpc) is 3.28. The van der Waals surface area contributed by atoms with Crippen LogP contribution in [0, 0.1) is 0 Å². The highest BCUT2D eigenvalue weighted by molar-refractivity contribution is 7.19. The van der Waals surface area contributed by atoms with Crippen molar-refractivity contribution in [3.8, 4) is 0 Å². The van der Waals surface area contributed by atoms with Gasteiger partial charge in [-0.1, -0.05) is 11.6 Å². The maximum atomic E-state index is 12.5. The lowest BCUT2D eigenvalue weighted by atomic mass is 10.2. The Balaban J connectivity index is 1.36. The summed E-state index contributed by atoms with van der Waals surface area (Å²) in [5.41, 5.74) is 0.312. The number of hydrogen-bond donors (Lipinski definition) is 0. The fourth-order valence-electron chi connectivity index (χ4n) is 3.23. The number of rotatable bonds is 3. The number of ketones is 1. The molecule has 1 fully saturated rings. The van der Waals surface area contributed by atoms with Crippen molar-refractivity contribution in [1.82, 2.24) is 19.6 Å². The molecule has 1 aliphatic rings. The molecule has 0 spiro atoms. The second kappa shape index (κ2) is 7.42. The molecular weight excluding hydrogens is 384 g/mol. The number of aromatic nitrogens is 2. The van der Waals surface area contributed by atoms with Crippen molar-refractivity contribution in [3.05, 3.63) is 52.1 Å². The smallest absolute Gasteiger partial charge is 0.320 e. The Morgan fingerprint density at radius 1 is 1.15 bits per heavy atom. The van der Waals surface area contributed by atoms with Gasteiger partial charge in [-0.15, -0.1) is 11.3 Å². The predicted octanol–water partition coefficient (Wildman–Crippen LogP) is 3.74. The second-order valence-electron chi connectivity index (χ2n) is 6.64. The molecule has 1 amide bonds. The molecule has 0 bridgehead atoms. The van der Waals surface area contributed by atoms with Crippen LogP contribution >= 0.6 is 22.9 Å². The quantitative estimate of drug-likeness (QED) is 0.626. The number of carbonyl (C=O) groups is 2. The molecule has 2 aromatic heterocycles. The predicted molar refractivity (Wildman–Crippen MR) is 107 cm³/mol. The van der Waals surface area contributed by atoms with Crippen molar-refractivity contribution in [2.45, 2.75) is 13.5 Å². The van der Waals surface area contributed by atoms with Gasteiger partial charge in [-0.2, -0.15) is 9.78 Å². The first kappa shape index (κ1) is 18.2. The molecule has 4 rings (SSSR count). The lowest BCUT2D eigenvalue weighted by Gasteiger charge is -2.34. The Hall–Kier alpha value is -2.22. The van der Waals surface area contributed by atoms with Crippen LogP contribution in [0.3, 0.4) is 0 Å². The van der Waals surface area contributed by atoms with Gasteiger partial charge in [-0.05, 0) is 35.7 Å². The molecule has 1 aliphatic heterocycles. The van der Waals surface area contributed by atoms with Crippen molar-refractivity contribution < 1.29 is 9.59 Å². The van der Waals surface area contributed by atoms with Gasteiger partial charge in [-0.3, -0.25) is 9.69 Å². The summed E-state index contributed by atoms with van der Waals surface area (Å²) in [6.45, 7) is 5.21. The van der Waals surface area contributed by atoms with Crippen molar-refractivity contribution in [2.24, 2.45) is 0 Å². The van der Waals surface area contributed by atoms with Gasteiger partial charge in [0.15, 0.2) is 5.78 Å². The highest BCUT2D eigenvalue weighted by Gasteiger charge is 2.23. The van der Waals surface area contributed by atoms with Gasteiger partial charge < -0.3 is 4.90 Å². The summed E-state index contributed by atoms with van der Waals surface area (Å²) in [6.07, 6.45) is 1.55. The molecule has 0 unspecified atom stereocenters. The maximum absolute atomic E-state index is 12.5. The second-order valence-corrected chi connectivity index (χ2v) is 8.25. The van der Waals surface area contributed by atoms with Gasteiger partial charge in [0.05, 0.1) is 0 Å². The van der Waals surface area contributed by atoms with E-state index < -0.39 is 0 Å². The standard InChI is InChI=1S/C19H19ClN4O2S/c1-13(25)17-4-5-24(21-17)19(26)23-8-6-22(7-9-23)12-16-11-14-10-15(20)2-3-18(14)27-16/h2-5,10-11H,6-9,12H2,1H3. The largest absolute Gasteiger partial charge is 0.344 e. The van der Waals surface area contributed by atoms with Gasteiger partial charge in [0.1, 0.15) is 5.69 Å². The van der Waals surface area contributed by atoms with Gasteiger partial charge >= 0.3 is 6.03 Å². The van der Waals surface area contributed by atoms with E-state index in [4.69, 9.17) is 11.6 Å². The van der Waals surface area contributed by atoms with Crippen LogP contribution in [0.1, 0.15) is 22.3 Å². The zero-order valence-electron chi connectivity index (χ0n) is 14.9.